The van der Waals surface area contributed by atoms with Crippen molar-refractivity contribution in [3.05, 3.63) is 12.7 Å². The standard InChI is InChI=1S/C10H12N5O6P.Na/c11-8-5-9(13-2-12-8)15(3-14-5)10-6(16)7-4(20-10)1-19-22(17,18)21-7;/h2-4,6-7,10,16H,1H2,(H,17,18)(H2,11,12,13);/q;+1/p-1/t4?,6?,7?,10-;/m1./s1. The molecule has 0 saturated carbocycles. The number of aliphatic hydroxyl groups excluding tert-OH is 1. The number of phosphoric ester groups is 1. The fourth-order valence-electron chi connectivity index (χ4n) is 2.61. The van der Waals surface area contributed by atoms with Crippen molar-refractivity contribution in [3.63, 3.8) is 0 Å². The SMILES string of the molecule is Nc1ncnc2c1ncn2[C@@H]1OC2COP(=O)([O-])OC2C1O.[Na+]. The van der Waals surface area contributed by atoms with Gasteiger partial charge in [-0.25, -0.2) is 15.0 Å². The Bertz CT molecular complexity index is 788. The number of nitrogens with two attached hydrogens (primary N) is 1. The fraction of sp³-hybridized carbons (Fsp3) is 0.500. The van der Waals surface area contributed by atoms with Crippen LogP contribution in [0.5, 0.6) is 0 Å². The van der Waals surface area contributed by atoms with Crippen LogP contribution in [-0.2, 0) is 18.3 Å². The first-order valence-corrected chi connectivity index (χ1v) is 7.83. The van der Waals surface area contributed by atoms with E-state index in [2.05, 4.69) is 19.5 Å². The number of aliphatic hydroxyl groups is 1. The van der Waals surface area contributed by atoms with Crippen molar-refractivity contribution in [1.82, 2.24) is 19.5 Å². The number of phosphoric acid groups is 1. The molecule has 0 aliphatic carbocycles. The van der Waals surface area contributed by atoms with E-state index in [1.165, 1.54) is 17.2 Å². The Labute approximate surface area is 151 Å². The van der Waals surface area contributed by atoms with Gasteiger partial charge >= 0.3 is 29.6 Å². The molecule has 4 rings (SSSR count). The third kappa shape index (κ3) is 2.82. The molecule has 2 saturated heterocycles. The molecule has 2 aromatic heterocycles. The van der Waals surface area contributed by atoms with Gasteiger partial charge in [-0.05, 0) is 0 Å². The number of rotatable bonds is 1. The van der Waals surface area contributed by atoms with Gasteiger partial charge in [-0.1, -0.05) is 0 Å². The summed E-state index contributed by atoms with van der Waals surface area (Å²) >= 11 is 0. The first-order valence-electron chi connectivity index (χ1n) is 6.37. The largest absolute Gasteiger partial charge is 1.00 e. The van der Waals surface area contributed by atoms with E-state index in [-0.39, 0.29) is 42.0 Å². The van der Waals surface area contributed by atoms with Gasteiger partial charge in [0, 0.05) is 0 Å². The van der Waals surface area contributed by atoms with Crippen molar-refractivity contribution in [1.29, 1.82) is 0 Å². The van der Waals surface area contributed by atoms with Crippen molar-refractivity contribution in [2.45, 2.75) is 24.5 Å². The van der Waals surface area contributed by atoms with Crippen molar-refractivity contribution >= 4 is 24.8 Å². The molecule has 2 fully saturated rings. The van der Waals surface area contributed by atoms with Crippen LogP contribution in [0.1, 0.15) is 6.23 Å². The first kappa shape index (κ1) is 17.2. The zero-order chi connectivity index (χ0) is 15.5. The summed E-state index contributed by atoms with van der Waals surface area (Å²) in [5.74, 6) is 0.192. The molecule has 4 heterocycles. The summed E-state index contributed by atoms with van der Waals surface area (Å²) < 4.78 is 27.8. The minimum atomic E-state index is -4.41. The quantitative estimate of drug-likeness (QED) is 0.379. The van der Waals surface area contributed by atoms with E-state index < -0.39 is 32.4 Å². The molecule has 13 heteroatoms. The maximum atomic E-state index is 11.3. The Morgan fingerprint density at radius 1 is 1.43 bits per heavy atom. The molecule has 11 nitrogen and oxygen atoms in total. The topological polar surface area (TPSA) is 158 Å². The van der Waals surface area contributed by atoms with E-state index in [0.717, 1.165) is 0 Å². The summed E-state index contributed by atoms with van der Waals surface area (Å²) in [7, 11) is -4.41. The minimum Gasteiger partial charge on any atom is -0.756 e. The van der Waals surface area contributed by atoms with E-state index >= 15 is 0 Å². The predicted octanol–water partition coefficient (Wildman–Crippen LogP) is -4.45. The number of nitrogens with zero attached hydrogens (tertiary/aromatic N) is 4. The van der Waals surface area contributed by atoms with Gasteiger partial charge in [0.1, 0.15) is 30.2 Å². The molecule has 0 aromatic carbocycles. The molecule has 5 atom stereocenters. The summed E-state index contributed by atoms with van der Waals surface area (Å²) in [6, 6.07) is 0. The average Bonchev–Trinajstić information content (AvgIpc) is 3.01. The Balaban J connectivity index is 0.00000156. The number of hydrogen-bond donors (Lipinski definition) is 2. The van der Waals surface area contributed by atoms with Gasteiger partial charge in [0.15, 0.2) is 17.7 Å². The molecular formula is C10H11N5NaO6P. The molecule has 2 aromatic rings. The molecule has 0 bridgehead atoms. The number of aromatic nitrogens is 4. The number of imidazole rings is 1. The van der Waals surface area contributed by atoms with Crippen LogP contribution in [0.25, 0.3) is 11.2 Å². The number of anilines is 1. The fourth-order valence-corrected chi connectivity index (χ4v) is 3.56. The smallest absolute Gasteiger partial charge is 0.756 e. The summed E-state index contributed by atoms with van der Waals surface area (Å²) in [5, 5.41) is 10.3. The number of nitrogen functional groups attached to an aromatic ring is 1. The molecular weight excluding hydrogens is 340 g/mol. The van der Waals surface area contributed by atoms with E-state index in [0.29, 0.717) is 11.2 Å². The van der Waals surface area contributed by atoms with Crippen molar-refractivity contribution in [2.75, 3.05) is 12.3 Å². The van der Waals surface area contributed by atoms with Gasteiger partial charge in [0.25, 0.3) is 7.82 Å². The van der Waals surface area contributed by atoms with E-state index in [4.69, 9.17) is 15.0 Å². The van der Waals surface area contributed by atoms with Crippen LogP contribution in [0.15, 0.2) is 12.7 Å². The summed E-state index contributed by atoms with van der Waals surface area (Å²) in [5.41, 5.74) is 6.43. The van der Waals surface area contributed by atoms with Gasteiger partial charge < -0.3 is 29.5 Å². The summed E-state index contributed by atoms with van der Waals surface area (Å²) in [6.45, 7) is -0.219. The second-order valence-corrected chi connectivity index (χ2v) is 6.32. The van der Waals surface area contributed by atoms with E-state index in [1.807, 2.05) is 0 Å². The molecule has 4 unspecified atom stereocenters. The number of ether oxygens (including phenoxy) is 1. The molecule has 23 heavy (non-hydrogen) atoms. The normalized spacial score (nSPS) is 36.6. The molecule has 0 spiro atoms. The molecule has 0 amide bonds. The van der Waals surface area contributed by atoms with Gasteiger partial charge in [-0.15, -0.1) is 0 Å². The Morgan fingerprint density at radius 2 is 2.22 bits per heavy atom. The van der Waals surface area contributed by atoms with Crippen LogP contribution in [0, 0.1) is 0 Å². The van der Waals surface area contributed by atoms with Crippen LogP contribution < -0.4 is 40.2 Å². The predicted molar refractivity (Wildman–Crippen MR) is 68.1 cm³/mol. The summed E-state index contributed by atoms with van der Waals surface area (Å²) in [4.78, 5) is 23.3. The Kier molecular flexibility index (Phi) is 4.51. The maximum Gasteiger partial charge on any atom is 1.00 e. The first-order chi connectivity index (χ1) is 10.5. The molecule has 118 valence electrons. The molecule has 3 N–H and O–H groups in total. The van der Waals surface area contributed by atoms with E-state index in [9.17, 15) is 14.6 Å². The number of fused-ring (bicyclic) bond motifs is 2. The van der Waals surface area contributed by atoms with Gasteiger partial charge in [0.05, 0.1) is 12.9 Å². The monoisotopic (exact) mass is 351 g/mol. The molecule has 0 radical (unpaired) electrons. The van der Waals surface area contributed by atoms with Crippen LogP contribution >= 0.6 is 7.82 Å². The van der Waals surface area contributed by atoms with Gasteiger partial charge in [0.2, 0.25) is 0 Å². The molecule has 2 aliphatic heterocycles. The average molecular weight is 351 g/mol. The zero-order valence-electron chi connectivity index (χ0n) is 12.0. The minimum absolute atomic E-state index is 0. The van der Waals surface area contributed by atoms with Crippen LogP contribution in [0.4, 0.5) is 5.82 Å². The van der Waals surface area contributed by atoms with Gasteiger partial charge in [-0.2, -0.15) is 0 Å². The maximum absolute atomic E-state index is 11.3. The third-order valence-electron chi connectivity index (χ3n) is 3.62. The molecule has 2 aliphatic rings. The second-order valence-electron chi connectivity index (χ2n) is 4.95. The van der Waals surface area contributed by atoms with Crippen molar-refractivity contribution in [2.24, 2.45) is 0 Å². The van der Waals surface area contributed by atoms with Gasteiger partial charge in [-0.3, -0.25) is 9.13 Å². The summed E-state index contributed by atoms with van der Waals surface area (Å²) in [6.07, 6.45) is -1.26. The number of hydrogen-bond acceptors (Lipinski definition) is 10. The van der Waals surface area contributed by atoms with E-state index in [1.54, 1.807) is 0 Å². The van der Waals surface area contributed by atoms with Crippen LogP contribution in [0.3, 0.4) is 0 Å². The Hall–Kier alpha value is -0.620. The zero-order valence-corrected chi connectivity index (χ0v) is 14.9. The van der Waals surface area contributed by atoms with Crippen molar-refractivity contribution in [3.8, 4) is 0 Å². The second kappa shape index (κ2) is 6.03. The van der Waals surface area contributed by atoms with Crippen LogP contribution in [0.2, 0.25) is 0 Å². The van der Waals surface area contributed by atoms with Crippen LogP contribution in [-0.4, -0.2) is 49.5 Å². The Morgan fingerprint density at radius 3 is 3.00 bits per heavy atom. The third-order valence-corrected chi connectivity index (χ3v) is 4.59. The van der Waals surface area contributed by atoms with Crippen molar-refractivity contribution < 1.29 is 57.9 Å².